The second kappa shape index (κ2) is 9.72. The molecular formula is C29H23N9O. The van der Waals surface area contributed by atoms with E-state index in [9.17, 15) is 4.79 Å². The van der Waals surface area contributed by atoms with E-state index >= 15 is 0 Å². The predicted octanol–water partition coefficient (Wildman–Crippen LogP) is 3.55. The fourth-order valence-electron chi connectivity index (χ4n) is 4.44. The largest absolute Gasteiger partial charge is 0.381 e. The monoisotopic (exact) mass is 513 g/mol. The van der Waals surface area contributed by atoms with E-state index in [1.165, 1.54) is 4.52 Å². The Balaban J connectivity index is 1.43. The summed E-state index contributed by atoms with van der Waals surface area (Å²) >= 11 is 0. The lowest BCUT2D eigenvalue weighted by Crippen LogP contribution is -2.28. The number of nitrogens with two attached hydrogens (primary N) is 1. The number of nitrogens with zero attached hydrogens (tertiary/aromatic N) is 7. The Morgan fingerprint density at radius 3 is 2.72 bits per heavy atom. The number of fused-ring (bicyclic) bond motifs is 2. The van der Waals surface area contributed by atoms with E-state index in [-0.39, 0.29) is 17.3 Å². The molecule has 39 heavy (non-hydrogen) atoms. The lowest BCUT2D eigenvalue weighted by molar-refractivity contribution is 0.0942. The average molecular weight is 514 g/mol. The van der Waals surface area contributed by atoms with Crippen LogP contribution in [0.15, 0.2) is 79.5 Å². The minimum Gasteiger partial charge on any atom is -0.381 e. The summed E-state index contributed by atoms with van der Waals surface area (Å²) in [5, 5.41) is 11.4. The number of nitrogens with one attached hydrogen (secondary N) is 1. The number of aryl methyl sites for hydroxylation is 1. The van der Waals surface area contributed by atoms with Gasteiger partial charge in [-0.1, -0.05) is 42.2 Å². The molecule has 6 rings (SSSR count). The summed E-state index contributed by atoms with van der Waals surface area (Å²) in [6.07, 6.45) is 8.57. The van der Waals surface area contributed by atoms with Crippen molar-refractivity contribution in [1.82, 2.24) is 39.7 Å². The molecule has 5 heterocycles. The van der Waals surface area contributed by atoms with Gasteiger partial charge >= 0.3 is 0 Å². The first-order valence-corrected chi connectivity index (χ1v) is 12.2. The van der Waals surface area contributed by atoms with Crippen LogP contribution < -0.4 is 11.1 Å². The second-order valence-corrected chi connectivity index (χ2v) is 9.01. The number of rotatable bonds is 4. The number of carbonyl (C=O) groups excluding carboxylic acids is 1. The first-order valence-electron chi connectivity index (χ1n) is 12.2. The van der Waals surface area contributed by atoms with Crippen molar-refractivity contribution in [2.45, 2.75) is 13.0 Å². The maximum Gasteiger partial charge on any atom is 0.259 e. The van der Waals surface area contributed by atoms with E-state index < -0.39 is 6.04 Å². The van der Waals surface area contributed by atoms with Crippen molar-refractivity contribution >= 4 is 28.4 Å². The number of carbonyl (C=O) groups is 1. The zero-order chi connectivity index (χ0) is 26.9. The van der Waals surface area contributed by atoms with E-state index in [1.807, 2.05) is 62.6 Å². The van der Waals surface area contributed by atoms with Crippen molar-refractivity contribution < 1.29 is 4.79 Å². The van der Waals surface area contributed by atoms with Crippen molar-refractivity contribution in [3.63, 3.8) is 0 Å². The zero-order valence-electron chi connectivity index (χ0n) is 21.2. The highest BCUT2D eigenvalue weighted by molar-refractivity contribution is 6.04. The van der Waals surface area contributed by atoms with Gasteiger partial charge < -0.3 is 11.1 Å². The van der Waals surface area contributed by atoms with Crippen molar-refractivity contribution in [3.05, 3.63) is 102 Å². The number of hydrogen-bond acceptors (Lipinski definition) is 7. The highest BCUT2D eigenvalue weighted by Crippen LogP contribution is 2.31. The molecule has 0 saturated heterocycles. The van der Waals surface area contributed by atoms with Crippen molar-refractivity contribution in [1.29, 1.82) is 0 Å². The van der Waals surface area contributed by atoms with Crippen LogP contribution in [0.4, 0.5) is 5.82 Å². The first kappa shape index (κ1) is 23.8. The molecule has 5 aromatic heterocycles. The summed E-state index contributed by atoms with van der Waals surface area (Å²) in [4.78, 5) is 27.2. The molecule has 3 N–H and O–H groups in total. The summed E-state index contributed by atoms with van der Waals surface area (Å²) in [6.45, 7) is 1.90. The van der Waals surface area contributed by atoms with Crippen molar-refractivity contribution in [3.8, 4) is 23.1 Å². The topological polar surface area (TPSA) is 129 Å². The van der Waals surface area contributed by atoms with Crippen LogP contribution in [0.25, 0.3) is 27.9 Å². The molecule has 10 heteroatoms. The predicted molar refractivity (Wildman–Crippen MR) is 147 cm³/mol. The normalized spacial score (nSPS) is 11.7. The van der Waals surface area contributed by atoms with Gasteiger partial charge in [0.15, 0.2) is 11.5 Å². The summed E-state index contributed by atoms with van der Waals surface area (Å²) in [6, 6.07) is 14.9. The summed E-state index contributed by atoms with van der Waals surface area (Å²) in [5.41, 5.74) is 12.0. The van der Waals surface area contributed by atoms with Gasteiger partial charge in [-0.05, 0) is 25.1 Å². The number of amides is 1. The van der Waals surface area contributed by atoms with Crippen LogP contribution in [0.5, 0.6) is 0 Å². The fraction of sp³-hybridized carbons (Fsp3) is 0.103. The van der Waals surface area contributed by atoms with Gasteiger partial charge in [0.25, 0.3) is 5.91 Å². The third-order valence-corrected chi connectivity index (χ3v) is 6.30. The summed E-state index contributed by atoms with van der Waals surface area (Å²) in [7, 11) is 1.85. The highest BCUT2D eigenvalue weighted by atomic mass is 16.1. The van der Waals surface area contributed by atoms with Gasteiger partial charge in [0, 0.05) is 43.0 Å². The molecule has 190 valence electrons. The molecule has 1 atom stereocenters. The van der Waals surface area contributed by atoms with Crippen LogP contribution in [0.1, 0.15) is 40.0 Å². The van der Waals surface area contributed by atoms with Gasteiger partial charge in [-0.25, -0.2) is 14.5 Å². The Labute approximate surface area is 223 Å². The molecule has 0 radical (unpaired) electrons. The molecule has 1 unspecified atom stereocenters. The Hall–Kier alpha value is -5.56. The quantitative estimate of drug-likeness (QED) is 0.345. The number of hydrogen-bond donors (Lipinski definition) is 2. The van der Waals surface area contributed by atoms with Gasteiger partial charge in [-0.15, -0.1) is 5.10 Å². The Kier molecular flexibility index (Phi) is 5.93. The number of anilines is 1. The summed E-state index contributed by atoms with van der Waals surface area (Å²) in [5.74, 6) is 6.09. The van der Waals surface area contributed by atoms with Crippen LogP contribution in [0.3, 0.4) is 0 Å². The van der Waals surface area contributed by atoms with Gasteiger partial charge in [0.1, 0.15) is 11.1 Å². The molecule has 0 aliphatic carbocycles. The minimum atomic E-state index is -0.436. The van der Waals surface area contributed by atoms with Crippen molar-refractivity contribution in [2.75, 3.05) is 5.73 Å². The third-order valence-electron chi connectivity index (χ3n) is 6.30. The molecular weight excluding hydrogens is 490 g/mol. The van der Waals surface area contributed by atoms with Crippen LogP contribution in [0, 0.1) is 11.8 Å². The maximum absolute atomic E-state index is 13.4. The standard InChI is InChI=1S/C29H23N9O/c1-18(34-29(39)24-27(30)36-38-14-6-12-32-28(24)38)22-15-23-26(35-25(22)20-7-4-3-5-8-20)21(11-13-31-23)10-9-19-16-33-37(2)17-19/h3-8,11-18H,1-2H3,(H2,30,36)(H,34,39). The van der Waals surface area contributed by atoms with Crippen LogP contribution in [0.2, 0.25) is 0 Å². The van der Waals surface area contributed by atoms with E-state index in [0.717, 1.165) is 27.9 Å². The minimum absolute atomic E-state index is 0.108. The Bertz CT molecular complexity index is 1910. The molecule has 0 spiro atoms. The Morgan fingerprint density at radius 1 is 1.08 bits per heavy atom. The number of aromatic nitrogens is 7. The van der Waals surface area contributed by atoms with Crippen molar-refractivity contribution in [2.24, 2.45) is 7.05 Å². The van der Waals surface area contributed by atoms with E-state index in [1.54, 1.807) is 35.5 Å². The van der Waals surface area contributed by atoms with E-state index in [4.69, 9.17) is 10.7 Å². The zero-order valence-corrected chi connectivity index (χ0v) is 21.2. The molecule has 1 aromatic carbocycles. The lowest BCUT2D eigenvalue weighted by atomic mass is 9.99. The molecule has 10 nitrogen and oxygen atoms in total. The number of pyridine rings is 2. The molecule has 0 saturated carbocycles. The van der Waals surface area contributed by atoms with Gasteiger partial charge in [0.05, 0.1) is 34.6 Å². The van der Waals surface area contributed by atoms with Crippen LogP contribution in [-0.2, 0) is 7.05 Å². The molecule has 0 fully saturated rings. The summed E-state index contributed by atoms with van der Waals surface area (Å²) < 4.78 is 3.19. The molecule has 0 bridgehead atoms. The average Bonchev–Trinajstić information content (AvgIpc) is 3.52. The van der Waals surface area contributed by atoms with Crippen LogP contribution >= 0.6 is 0 Å². The SMILES string of the molecule is CC(NC(=O)c1c(N)nn2cccnc12)c1cc2nccc(C#Cc3cnn(C)c3)c2nc1-c1ccccc1. The number of nitrogen functional groups attached to an aromatic ring is 1. The van der Waals surface area contributed by atoms with E-state index in [2.05, 4.69) is 37.3 Å². The first-order chi connectivity index (χ1) is 19.0. The molecule has 0 aliphatic rings. The van der Waals surface area contributed by atoms with Crippen LogP contribution in [-0.4, -0.2) is 40.3 Å². The van der Waals surface area contributed by atoms with E-state index in [0.29, 0.717) is 16.7 Å². The smallest absolute Gasteiger partial charge is 0.259 e. The molecule has 0 aliphatic heterocycles. The molecule has 6 aromatic rings. The highest BCUT2D eigenvalue weighted by Gasteiger charge is 2.23. The van der Waals surface area contributed by atoms with Gasteiger partial charge in [0.2, 0.25) is 0 Å². The second-order valence-electron chi connectivity index (χ2n) is 9.01. The van der Waals surface area contributed by atoms with Gasteiger partial charge in [-0.2, -0.15) is 5.10 Å². The number of benzene rings is 1. The molecule has 1 amide bonds. The maximum atomic E-state index is 13.4. The fourth-order valence-corrected chi connectivity index (χ4v) is 4.44. The third kappa shape index (κ3) is 4.53. The lowest BCUT2D eigenvalue weighted by Gasteiger charge is -2.19. The Morgan fingerprint density at radius 2 is 1.92 bits per heavy atom. The van der Waals surface area contributed by atoms with Gasteiger partial charge in [-0.3, -0.25) is 14.5 Å².